The van der Waals surface area contributed by atoms with Crippen molar-refractivity contribution in [3.63, 3.8) is 0 Å². The Hall–Kier alpha value is -0.900. The molecule has 1 saturated heterocycles. The van der Waals surface area contributed by atoms with Gasteiger partial charge in [-0.1, -0.05) is 0 Å². The summed E-state index contributed by atoms with van der Waals surface area (Å²) in [6.45, 7) is 3.38. The summed E-state index contributed by atoms with van der Waals surface area (Å²) in [4.78, 5) is 4.64. The Labute approximate surface area is 90.1 Å². The van der Waals surface area contributed by atoms with Gasteiger partial charge in [-0.15, -0.1) is 0 Å². The maximum Gasteiger partial charge on any atom is 0.151 e. The number of rotatable bonds is 2. The maximum absolute atomic E-state index is 4.64. The maximum atomic E-state index is 4.64. The summed E-state index contributed by atoms with van der Waals surface area (Å²) < 4.78 is 2.11. The average molecular weight is 206 g/mol. The number of hydrogen-bond acceptors (Lipinski definition) is 3. The van der Waals surface area contributed by atoms with Crippen LogP contribution in [0.2, 0.25) is 0 Å². The van der Waals surface area contributed by atoms with Crippen molar-refractivity contribution >= 4 is 0 Å². The fourth-order valence-corrected chi connectivity index (χ4v) is 2.57. The molecule has 2 aliphatic rings. The number of nitrogens with zero attached hydrogens (tertiary/aromatic N) is 3. The highest BCUT2D eigenvalue weighted by molar-refractivity contribution is 4.97. The van der Waals surface area contributed by atoms with Crippen LogP contribution in [0.4, 0.5) is 0 Å². The summed E-state index contributed by atoms with van der Waals surface area (Å²) in [6, 6.07) is 0. The van der Waals surface area contributed by atoms with Gasteiger partial charge in [-0.05, 0) is 38.3 Å². The van der Waals surface area contributed by atoms with Crippen molar-refractivity contribution < 1.29 is 0 Å². The van der Waals surface area contributed by atoms with Crippen LogP contribution in [0.25, 0.3) is 0 Å². The third kappa shape index (κ3) is 1.91. The molecule has 1 unspecified atom stereocenters. The Kier molecular flexibility index (Phi) is 2.44. The van der Waals surface area contributed by atoms with E-state index >= 15 is 0 Å². The molecule has 0 amide bonds. The summed E-state index contributed by atoms with van der Waals surface area (Å²) in [6.07, 6.45) is 6.01. The van der Waals surface area contributed by atoms with Crippen LogP contribution in [-0.4, -0.2) is 27.9 Å². The largest absolute Gasteiger partial charge is 0.316 e. The fraction of sp³-hybridized carbons (Fsp3) is 0.818. The van der Waals surface area contributed by atoms with E-state index in [0.717, 1.165) is 44.2 Å². The Morgan fingerprint density at radius 3 is 3.20 bits per heavy atom. The number of aromatic nitrogens is 3. The fourth-order valence-electron chi connectivity index (χ4n) is 2.57. The van der Waals surface area contributed by atoms with Crippen LogP contribution in [0, 0.1) is 5.92 Å². The molecule has 4 heteroatoms. The first-order valence-electron chi connectivity index (χ1n) is 6.05. The zero-order valence-corrected chi connectivity index (χ0v) is 9.08. The SMILES string of the molecule is C1CCn2nc(CC3CCNC3)nc2C1. The molecular weight excluding hydrogens is 188 g/mol. The van der Waals surface area contributed by atoms with Gasteiger partial charge >= 0.3 is 0 Å². The van der Waals surface area contributed by atoms with Crippen LogP contribution in [0.3, 0.4) is 0 Å². The molecule has 1 atom stereocenters. The Balaban J connectivity index is 1.72. The minimum Gasteiger partial charge on any atom is -0.316 e. The Morgan fingerprint density at radius 2 is 2.40 bits per heavy atom. The molecule has 0 spiro atoms. The van der Waals surface area contributed by atoms with E-state index in [1.807, 2.05) is 0 Å². The van der Waals surface area contributed by atoms with Crippen molar-refractivity contribution in [3.05, 3.63) is 11.6 Å². The van der Waals surface area contributed by atoms with Gasteiger partial charge in [0.1, 0.15) is 5.82 Å². The third-order valence-corrected chi connectivity index (χ3v) is 3.45. The number of fused-ring (bicyclic) bond motifs is 1. The second kappa shape index (κ2) is 3.93. The summed E-state index contributed by atoms with van der Waals surface area (Å²) in [5.74, 6) is 3.04. The number of nitrogens with one attached hydrogen (secondary N) is 1. The van der Waals surface area contributed by atoms with Gasteiger partial charge in [-0.3, -0.25) is 0 Å². The lowest BCUT2D eigenvalue weighted by Crippen LogP contribution is -2.12. The van der Waals surface area contributed by atoms with Gasteiger partial charge in [0.25, 0.3) is 0 Å². The smallest absolute Gasteiger partial charge is 0.151 e. The molecule has 1 fully saturated rings. The van der Waals surface area contributed by atoms with Gasteiger partial charge in [0.15, 0.2) is 5.82 Å². The number of aryl methyl sites for hydroxylation is 2. The van der Waals surface area contributed by atoms with Crippen LogP contribution < -0.4 is 5.32 Å². The molecule has 1 aromatic heterocycles. The molecule has 0 aliphatic carbocycles. The van der Waals surface area contributed by atoms with Gasteiger partial charge < -0.3 is 5.32 Å². The lowest BCUT2D eigenvalue weighted by molar-refractivity contribution is 0.475. The Morgan fingerprint density at radius 1 is 1.40 bits per heavy atom. The minimum absolute atomic E-state index is 0.759. The quantitative estimate of drug-likeness (QED) is 0.777. The standard InChI is InChI=1S/C11H18N4/c1-2-6-15-11(3-1)13-10(14-15)7-9-4-5-12-8-9/h9,12H,1-8H2. The van der Waals surface area contributed by atoms with Gasteiger partial charge in [-0.25, -0.2) is 9.67 Å². The molecule has 0 aromatic carbocycles. The molecule has 4 nitrogen and oxygen atoms in total. The number of hydrogen-bond donors (Lipinski definition) is 1. The van der Waals surface area contributed by atoms with E-state index < -0.39 is 0 Å². The van der Waals surface area contributed by atoms with Crippen LogP contribution in [0.5, 0.6) is 0 Å². The molecule has 0 radical (unpaired) electrons. The normalized spacial score (nSPS) is 25.5. The first kappa shape index (κ1) is 9.33. The van der Waals surface area contributed by atoms with Gasteiger partial charge in [0.05, 0.1) is 0 Å². The van der Waals surface area contributed by atoms with Crippen molar-refractivity contribution in [2.45, 2.75) is 38.6 Å². The second-order valence-corrected chi connectivity index (χ2v) is 4.69. The lowest BCUT2D eigenvalue weighted by atomic mass is 10.1. The highest BCUT2D eigenvalue weighted by Crippen LogP contribution is 2.16. The second-order valence-electron chi connectivity index (χ2n) is 4.69. The molecule has 1 aromatic rings. The highest BCUT2D eigenvalue weighted by Gasteiger charge is 2.19. The summed E-state index contributed by atoms with van der Waals surface area (Å²) >= 11 is 0. The van der Waals surface area contributed by atoms with Crippen LogP contribution in [-0.2, 0) is 19.4 Å². The van der Waals surface area contributed by atoms with Gasteiger partial charge in [0.2, 0.25) is 0 Å². The van der Waals surface area contributed by atoms with E-state index in [2.05, 4.69) is 20.1 Å². The molecule has 82 valence electrons. The van der Waals surface area contributed by atoms with E-state index in [-0.39, 0.29) is 0 Å². The first-order chi connectivity index (χ1) is 7.42. The highest BCUT2D eigenvalue weighted by atomic mass is 15.3. The van der Waals surface area contributed by atoms with Gasteiger partial charge in [0, 0.05) is 19.4 Å². The predicted molar refractivity (Wildman–Crippen MR) is 57.6 cm³/mol. The van der Waals surface area contributed by atoms with Crippen molar-refractivity contribution in [3.8, 4) is 0 Å². The lowest BCUT2D eigenvalue weighted by Gasteiger charge is -2.10. The molecule has 3 heterocycles. The van der Waals surface area contributed by atoms with Crippen LogP contribution in [0.15, 0.2) is 0 Å². The zero-order valence-electron chi connectivity index (χ0n) is 9.08. The monoisotopic (exact) mass is 206 g/mol. The molecule has 2 aliphatic heterocycles. The van der Waals surface area contributed by atoms with E-state index in [9.17, 15) is 0 Å². The minimum atomic E-state index is 0.759. The topological polar surface area (TPSA) is 42.7 Å². The van der Waals surface area contributed by atoms with E-state index in [0.29, 0.717) is 0 Å². The first-order valence-corrected chi connectivity index (χ1v) is 6.05. The van der Waals surface area contributed by atoms with Crippen LogP contribution >= 0.6 is 0 Å². The van der Waals surface area contributed by atoms with E-state index in [1.54, 1.807) is 0 Å². The average Bonchev–Trinajstić information content (AvgIpc) is 2.86. The van der Waals surface area contributed by atoms with Crippen molar-refractivity contribution in [1.82, 2.24) is 20.1 Å². The molecule has 0 saturated carbocycles. The molecule has 15 heavy (non-hydrogen) atoms. The van der Waals surface area contributed by atoms with Crippen molar-refractivity contribution in [2.24, 2.45) is 5.92 Å². The predicted octanol–water partition coefficient (Wildman–Crippen LogP) is 0.766. The molecule has 1 N–H and O–H groups in total. The molecular formula is C11H18N4. The Bertz CT molecular complexity index is 315. The zero-order chi connectivity index (χ0) is 10.1. The van der Waals surface area contributed by atoms with Gasteiger partial charge in [-0.2, -0.15) is 5.10 Å². The van der Waals surface area contributed by atoms with E-state index in [1.165, 1.54) is 25.1 Å². The molecule has 0 bridgehead atoms. The van der Waals surface area contributed by atoms with Crippen molar-refractivity contribution in [1.29, 1.82) is 0 Å². The van der Waals surface area contributed by atoms with Crippen molar-refractivity contribution in [2.75, 3.05) is 13.1 Å². The summed E-state index contributed by atoms with van der Waals surface area (Å²) in [5, 5.41) is 7.98. The van der Waals surface area contributed by atoms with Crippen LogP contribution in [0.1, 0.15) is 30.9 Å². The van der Waals surface area contributed by atoms with E-state index in [4.69, 9.17) is 0 Å². The third-order valence-electron chi connectivity index (χ3n) is 3.45. The molecule has 3 rings (SSSR count). The summed E-state index contributed by atoms with van der Waals surface area (Å²) in [7, 11) is 0. The summed E-state index contributed by atoms with van der Waals surface area (Å²) in [5.41, 5.74) is 0.